The van der Waals surface area contributed by atoms with Gasteiger partial charge in [0, 0.05) is 25.0 Å². The Morgan fingerprint density at radius 1 is 1.11 bits per heavy atom. The number of rotatable bonds is 5. The molecular formula is C20H22F2N4O2. The number of pyridine rings is 1. The zero-order chi connectivity index (χ0) is 20.0. The van der Waals surface area contributed by atoms with Gasteiger partial charge in [-0.2, -0.15) is 0 Å². The van der Waals surface area contributed by atoms with Crippen molar-refractivity contribution in [2.75, 3.05) is 5.32 Å². The van der Waals surface area contributed by atoms with Crippen LogP contribution in [-0.4, -0.2) is 22.5 Å². The van der Waals surface area contributed by atoms with E-state index >= 15 is 0 Å². The molecule has 0 aliphatic heterocycles. The number of hydrogen-bond acceptors (Lipinski definition) is 3. The van der Waals surface area contributed by atoms with Crippen molar-refractivity contribution in [3.8, 4) is 0 Å². The summed E-state index contributed by atoms with van der Waals surface area (Å²) < 4.78 is 26.8. The molecule has 1 aliphatic carbocycles. The van der Waals surface area contributed by atoms with Crippen LogP contribution in [-0.2, 0) is 11.3 Å². The van der Waals surface area contributed by atoms with E-state index in [0.717, 1.165) is 37.0 Å². The van der Waals surface area contributed by atoms with E-state index in [1.807, 2.05) is 6.07 Å². The van der Waals surface area contributed by atoms with E-state index in [1.54, 1.807) is 18.5 Å². The van der Waals surface area contributed by atoms with Gasteiger partial charge in [-0.15, -0.1) is 0 Å². The maximum atomic E-state index is 13.8. The van der Waals surface area contributed by atoms with Gasteiger partial charge in [-0.3, -0.25) is 9.78 Å². The molecule has 3 N–H and O–H groups in total. The summed E-state index contributed by atoms with van der Waals surface area (Å²) >= 11 is 0. The summed E-state index contributed by atoms with van der Waals surface area (Å²) in [6.07, 6.45) is 6.86. The highest BCUT2D eigenvalue weighted by molar-refractivity contribution is 5.96. The lowest BCUT2D eigenvalue weighted by molar-refractivity contribution is -0.128. The number of benzene rings is 1. The van der Waals surface area contributed by atoms with Crippen molar-refractivity contribution >= 4 is 17.6 Å². The minimum absolute atomic E-state index is 0.152. The summed E-state index contributed by atoms with van der Waals surface area (Å²) in [6.45, 7) is 0.296. The molecule has 3 amide bonds. The molecule has 3 rings (SSSR count). The molecule has 1 aromatic carbocycles. The number of amides is 3. The largest absolute Gasteiger partial charge is 0.350 e. The van der Waals surface area contributed by atoms with Crippen LogP contribution in [0.2, 0.25) is 0 Å². The smallest absolute Gasteiger partial charge is 0.320 e. The first-order valence-electron chi connectivity index (χ1n) is 9.20. The Hall–Kier alpha value is -3.03. The first-order valence-corrected chi connectivity index (χ1v) is 9.20. The third kappa shape index (κ3) is 4.82. The fourth-order valence-electron chi connectivity index (χ4n) is 3.38. The maximum Gasteiger partial charge on any atom is 0.320 e. The third-order valence-electron chi connectivity index (χ3n) is 4.85. The molecule has 0 atom stereocenters. The standard InChI is InChI=1S/C20H22F2N4O2/c21-15-6-7-17(16(22)11-15)25-19(28)26-20(8-2-1-3-9-20)18(27)24-13-14-5-4-10-23-12-14/h4-7,10-12H,1-3,8-9,13H2,(H,24,27)(H2,25,26,28). The molecule has 0 spiro atoms. The van der Waals surface area contributed by atoms with Gasteiger partial charge in [-0.1, -0.05) is 25.3 Å². The Labute approximate surface area is 161 Å². The highest BCUT2D eigenvalue weighted by Crippen LogP contribution is 2.29. The molecule has 1 aromatic heterocycles. The van der Waals surface area contributed by atoms with Crippen LogP contribution in [0.1, 0.15) is 37.7 Å². The molecule has 2 aromatic rings. The number of nitrogens with zero attached hydrogens (tertiary/aromatic N) is 1. The number of urea groups is 1. The lowest BCUT2D eigenvalue weighted by atomic mass is 9.81. The molecule has 28 heavy (non-hydrogen) atoms. The van der Waals surface area contributed by atoms with Crippen molar-refractivity contribution in [3.63, 3.8) is 0 Å². The summed E-state index contributed by atoms with van der Waals surface area (Å²) in [5, 5.41) is 7.93. The van der Waals surface area contributed by atoms with Crippen molar-refractivity contribution in [1.82, 2.24) is 15.6 Å². The quantitative estimate of drug-likeness (QED) is 0.733. The molecule has 1 heterocycles. The van der Waals surface area contributed by atoms with E-state index < -0.39 is 23.2 Å². The number of halogens is 2. The number of carbonyl (C=O) groups excluding carboxylic acids is 2. The van der Waals surface area contributed by atoms with Crippen molar-refractivity contribution < 1.29 is 18.4 Å². The van der Waals surface area contributed by atoms with Gasteiger partial charge in [-0.25, -0.2) is 13.6 Å². The fraction of sp³-hybridized carbons (Fsp3) is 0.350. The van der Waals surface area contributed by atoms with Crippen molar-refractivity contribution in [2.45, 2.75) is 44.2 Å². The van der Waals surface area contributed by atoms with Crippen LogP contribution >= 0.6 is 0 Å². The molecule has 0 unspecified atom stereocenters. The molecule has 148 valence electrons. The SMILES string of the molecule is O=C(Nc1ccc(F)cc1F)NC1(C(=O)NCc2cccnc2)CCCCC1. The van der Waals surface area contributed by atoms with Crippen LogP contribution in [0, 0.1) is 11.6 Å². The second kappa shape index (κ2) is 8.77. The second-order valence-electron chi connectivity index (χ2n) is 6.89. The van der Waals surface area contributed by atoms with Gasteiger partial charge >= 0.3 is 6.03 Å². The Kier molecular flexibility index (Phi) is 6.18. The summed E-state index contributed by atoms with van der Waals surface area (Å²) in [5.41, 5.74) is -0.374. The minimum Gasteiger partial charge on any atom is -0.350 e. The molecule has 1 saturated carbocycles. The molecule has 0 radical (unpaired) electrons. The Morgan fingerprint density at radius 2 is 1.89 bits per heavy atom. The fourth-order valence-corrected chi connectivity index (χ4v) is 3.38. The number of nitrogens with one attached hydrogen (secondary N) is 3. The first-order chi connectivity index (χ1) is 13.5. The van der Waals surface area contributed by atoms with Crippen LogP contribution in [0.3, 0.4) is 0 Å². The Morgan fingerprint density at radius 3 is 2.57 bits per heavy atom. The van der Waals surface area contributed by atoms with Crippen molar-refractivity contribution in [1.29, 1.82) is 0 Å². The van der Waals surface area contributed by atoms with E-state index in [4.69, 9.17) is 0 Å². The van der Waals surface area contributed by atoms with Gasteiger partial charge < -0.3 is 16.0 Å². The van der Waals surface area contributed by atoms with E-state index in [1.165, 1.54) is 0 Å². The molecule has 1 fully saturated rings. The number of carbonyl (C=O) groups is 2. The van der Waals surface area contributed by atoms with Gasteiger partial charge in [0.15, 0.2) is 0 Å². The minimum atomic E-state index is -1.07. The Balaban J connectivity index is 1.68. The normalized spacial score (nSPS) is 15.5. The average molecular weight is 388 g/mol. The van der Waals surface area contributed by atoms with Gasteiger partial charge in [0.05, 0.1) is 5.69 Å². The number of hydrogen-bond donors (Lipinski definition) is 3. The molecule has 1 aliphatic rings. The lowest BCUT2D eigenvalue weighted by Crippen LogP contribution is -2.60. The first kappa shape index (κ1) is 19.7. The second-order valence-corrected chi connectivity index (χ2v) is 6.89. The van der Waals surface area contributed by atoms with Crippen LogP contribution in [0.25, 0.3) is 0 Å². The third-order valence-corrected chi connectivity index (χ3v) is 4.85. The summed E-state index contributed by atoms with van der Waals surface area (Å²) in [4.78, 5) is 29.3. The topological polar surface area (TPSA) is 83.1 Å². The van der Waals surface area contributed by atoms with Crippen molar-refractivity contribution in [2.24, 2.45) is 0 Å². The molecule has 0 saturated heterocycles. The van der Waals surface area contributed by atoms with E-state index in [-0.39, 0.29) is 11.6 Å². The summed E-state index contributed by atoms with van der Waals surface area (Å²) in [5.74, 6) is -1.90. The van der Waals surface area contributed by atoms with Gasteiger partial charge in [0.25, 0.3) is 0 Å². The zero-order valence-electron chi connectivity index (χ0n) is 15.3. The van der Waals surface area contributed by atoms with Gasteiger partial charge in [-0.05, 0) is 36.6 Å². The average Bonchev–Trinajstić information content (AvgIpc) is 2.69. The highest BCUT2D eigenvalue weighted by atomic mass is 19.1. The number of aromatic nitrogens is 1. The molecule has 0 bridgehead atoms. The van der Waals surface area contributed by atoms with E-state index in [2.05, 4.69) is 20.9 Å². The Bertz CT molecular complexity index is 839. The summed E-state index contributed by atoms with van der Waals surface area (Å²) in [6, 6.07) is 5.80. The predicted octanol–water partition coefficient (Wildman–Crippen LogP) is 3.50. The maximum absolute atomic E-state index is 13.8. The van der Waals surface area contributed by atoms with Gasteiger partial charge in [0.2, 0.25) is 5.91 Å². The highest BCUT2D eigenvalue weighted by Gasteiger charge is 2.40. The van der Waals surface area contributed by atoms with Crippen LogP contribution in [0.4, 0.5) is 19.3 Å². The monoisotopic (exact) mass is 388 g/mol. The number of anilines is 1. The van der Waals surface area contributed by atoms with Crippen molar-refractivity contribution in [3.05, 3.63) is 59.9 Å². The van der Waals surface area contributed by atoms with Crippen LogP contribution in [0.15, 0.2) is 42.7 Å². The van der Waals surface area contributed by atoms with E-state index in [0.29, 0.717) is 25.5 Å². The van der Waals surface area contributed by atoms with E-state index in [9.17, 15) is 18.4 Å². The summed E-state index contributed by atoms with van der Waals surface area (Å²) in [7, 11) is 0. The zero-order valence-corrected chi connectivity index (χ0v) is 15.3. The predicted molar refractivity (Wildman–Crippen MR) is 100 cm³/mol. The van der Waals surface area contributed by atoms with Crippen LogP contribution < -0.4 is 16.0 Å². The molecular weight excluding hydrogens is 366 g/mol. The lowest BCUT2D eigenvalue weighted by Gasteiger charge is -2.36. The van der Waals surface area contributed by atoms with Gasteiger partial charge in [0.1, 0.15) is 17.2 Å². The molecule has 6 nitrogen and oxygen atoms in total. The van der Waals surface area contributed by atoms with Crippen LogP contribution in [0.5, 0.6) is 0 Å². The molecule has 8 heteroatoms.